The van der Waals surface area contributed by atoms with Gasteiger partial charge in [-0.25, -0.2) is 4.79 Å². The van der Waals surface area contributed by atoms with Gasteiger partial charge in [-0.2, -0.15) is 21.6 Å². The quantitative estimate of drug-likeness (QED) is 0.314. The zero-order valence-corrected chi connectivity index (χ0v) is 21.8. The van der Waals surface area contributed by atoms with Crippen LogP contribution >= 0.6 is 11.3 Å². The molecule has 1 unspecified atom stereocenters. The Morgan fingerprint density at radius 3 is 2.61 bits per heavy atom. The van der Waals surface area contributed by atoms with Gasteiger partial charge in [0.15, 0.2) is 0 Å². The number of esters is 1. The van der Waals surface area contributed by atoms with Crippen LogP contribution in [-0.2, 0) is 21.2 Å². The summed E-state index contributed by atoms with van der Waals surface area (Å²) < 4.78 is 69.9. The monoisotopic (exact) mass is 548 g/mol. The van der Waals surface area contributed by atoms with Crippen molar-refractivity contribution in [2.45, 2.75) is 71.0 Å². The minimum absolute atomic E-state index is 0.0493. The van der Waals surface area contributed by atoms with Crippen LogP contribution in [0.1, 0.15) is 62.3 Å². The van der Waals surface area contributed by atoms with Gasteiger partial charge in [0.25, 0.3) is 5.13 Å². The Morgan fingerprint density at radius 2 is 2.00 bits per heavy atom. The van der Waals surface area contributed by atoms with Crippen LogP contribution in [0.15, 0.2) is 22.4 Å². The van der Waals surface area contributed by atoms with E-state index in [1.807, 2.05) is 13.8 Å². The Balaban J connectivity index is 2.03. The van der Waals surface area contributed by atoms with Crippen molar-refractivity contribution in [2.75, 3.05) is 16.2 Å². The molecule has 2 heterocycles. The second kappa shape index (κ2) is 11.1. The van der Waals surface area contributed by atoms with E-state index in [9.17, 15) is 26.4 Å². The molecule has 198 valence electrons. The van der Waals surface area contributed by atoms with E-state index >= 15 is 0 Å². The number of azo groups is 1. The molecule has 1 aromatic heterocycles. The van der Waals surface area contributed by atoms with E-state index in [4.69, 9.17) is 4.74 Å². The van der Waals surface area contributed by atoms with Crippen molar-refractivity contribution in [3.05, 3.63) is 22.7 Å². The van der Waals surface area contributed by atoms with Crippen LogP contribution in [0.25, 0.3) is 0 Å². The number of hydrogen-bond acceptors (Lipinski definition) is 10. The molecule has 0 saturated heterocycles. The second-order valence-corrected chi connectivity index (χ2v) is 11.0. The fraction of sp³-hybridized carbons (Fsp3) is 0.571. The van der Waals surface area contributed by atoms with Crippen LogP contribution < -0.4 is 9.62 Å². The lowest BCUT2D eigenvalue weighted by Crippen LogP contribution is -2.39. The molecular weight excluding hydrogens is 521 g/mol. The smallest absolute Gasteiger partial charge is 0.458 e. The van der Waals surface area contributed by atoms with Gasteiger partial charge in [0.1, 0.15) is 5.69 Å². The predicted octanol–water partition coefficient (Wildman–Crippen LogP) is 5.72. The molecule has 2 aromatic rings. The molecule has 1 aromatic carbocycles. The lowest BCUT2D eigenvalue weighted by molar-refractivity contribution is -0.0429. The first kappa shape index (κ1) is 27.8. The van der Waals surface area contributed by atoms with Gasteiger partial charge in [-0.1, -0.05) is 25.2 Å². The summed E-state index contributed by atoms with van der Waals surface area (Å²) in [6, 6.07) is 3.08. The highest BCUT2D eigenvalue weighted by Crippen LogP contribution is 2.41. The zero-order valence-electron chi connectivity index (χ0n) is 20.2. The van der Waals surface area contributed by atoms with E-state index in [-0.39, 0.29) is 33.7 Å². The summed E-state index contributed by atoms with van der Waals surface area (Å²) in [7, 11) is -5.71. The number of rotatable bonds is 9. The van der Waals surface area contributed by atoms with Crippen molar-refractivity contribution in [2.24, 2.45) is 10.2 Å². The minimum Gasteiger partial charge on any atom is -0.458 e. The lowest BCUT2D eigenvalue weighted by atomic mass is 9.93. The molecule has 36 heavy (non-hydrogen) atoms. The number of aryl methyl sites for hydroxylation is 1. The molecule has 3 rings (SSSR count). The molecular formula is C21H27F3N6O4S2. The minimum atomic E-state index is -5.71. The maximum atomic E-state index is 13.1. The number of carbonyl (C=O) groups is 1. The van der Waals surface area contributed by atoms with E-state index in [2.05, 4.69) is 25.3 Å². The fourth-order valence-electron chi connectivity index (χ4n) is 3.80. The molecule has 0 radical (unpaired) electrons. The number of benzene rings is 1. The maximum Gasteiger partial charge on any atom is 0.516 e. The molecule has 0 amide bonds. The van der Waals surface area contributed by atoms with Crippen LogP contribution in [0, 0.1) is 0 Å². The summed E-state index contributed by atoms with van der Waals surface area (Å²) in [6.07, 6.45) is 2.76. The predicted molar refractivity (Wildman–Crippen MR) is 130 cm³/mol. The molecule has 1 aliphatic rings. The highest BCUT2D eigenvalue weighted by atomic mass is 32.2. The summed E-state index contributed by atoms with van der Waals surface area (Å²) >= 11 is 0.780. The van der Waals surface area contributed by atoms with Crippen molar-refractivity contribution < 1.29 is 31.1 Å². The van der Waals surface area contributed by atoms with E-state index in [0.717, 1.165) is 36.2 Å². The van der Waals surface area contributed by atoms with Gasteiger partial charge in [0.05, 0.1) is 11.8 Å². The number of alkyl halides is 3. The number of nitrogens with zero attached hydrogens (tertiary/aromatic N) is 5. The zero-order chi connectivity index (χ0) is 26.7. The van der Waals surface area contributed by atoms with E-state index in [1.165, 1.54) is 12.1 Å². The first-order valence-corrected chi connectivity index (χ1v) is 13.6. The molecule has 1 atom stereocenters. The van der Waals surface area contributed by atoms with Gasteiger partial charge >= 0.3 is 21.5 Å². The third-order valence-corrected chi connectivity index (χ3v) is 7.24. The van der Waals surface area contributed by atoms with Crippen molar-refractivity contribution in [1.29, 1.82) is 0 Å². The number of hydrogen-bond donors (Lipinski definition) is 1. The average Bonchev–Trinajstić information content (AvgIpc) is 3.26. The number of nitrogens with one attached hydrogen (secondary N) is 1. The number of anilines is 2. The van der Waals surface area contributed by atoms with Crippen molar-refractivity contribution in [1.82, 2.24) is 10.2 Å². The summed E-state index contributed by atoms with van der Waals surface area (Å²) in [5, 5.41) is 15.1. The van der Waals surface area contributed by atoms with Gasteiger partial charge in [-0.15, -0.1) is 20.4 Å². The number of aromatic nitrogens is 2. The standard InChI is InChI=1S/C21H27F3N6O4S2/c1-5-9-30-14(6-2)8-7-13-10-15(16(11-17(13)30)29-36(32,33)21(22,23)24)25-27-20-28-26-18(35-20)19(31)34-12(3)4/h10-12,14,29H,5-9H2,1-4H3. The topological polar surface area (TPSA) is 126 Å². The number of carbonyl (C=O) groups excluding carboxylic acids is 1. The molecule has 0 aliphatic carbocycles. The van der Waals surface area contributed by atoms with Crippen molar-refractivity contribution >= 4 is 49.5 Å². The van der Waals surface area contributed by atoms with Gasteiger partial charge in [-0.05, 0) is 57.2 Å². The van der Waals surface area contributed by atoms with Crippen LogP contribution in [0.2, 0.25) is 0 Å². The largest absolute Gasteiger partial charge is 0.516 e. The molecule has 10 nitrogen and oxygen atoms in total. The van der Waals surface area contributed by atoms with Gasteiger partial charge in [0, 0.05) is 18.3 Å². The van der Waals surface area contributed by atoms with Gasteiger partial charge < -0.3 is 9.64 Å². The van der Waals surface area contributed by atoms with Crippen molar-refractivity contribution in [3.8, 4) is 0 Å². The summed E-state index contributed by atoms with van der Waals surface area (Å²) in [6.45, 7) is 8.02. The summed E-state index contributed by atoms with van der Waals surface area (Å²) in [5.41, 5.74) is -4.53. The summed E-state index contributed by atoms with van der Waals surface area (Å²) in [5.74, 6) is -0.696. The normalized spacial score (nSPS) is 16.4. The van der Waals surface area contributed by atoms with Crippen LogP contribution in [0.4, 0.5) is 35.4 Å². The molecule has 15 heteroatoms. The first-order chi connectivity index (χ1) is 16.9. The van der Waals surface area contributed by atoms with Gasteiger partial charge in [-0.3, -0.25) is 4.72 Å². The molecule has 0 fully saturated rings. The summed E-state index contributed by atoms with van der Waals surface area (Å²) in [4.78, 5) is 14.1. The third-order valence-electron chi connectivity index (χ3n) is 5.35. The fourth-order valence-corrected chi connectivity index (χ4v) is 4.92. The number of sulfonamides is 1. The Hall–Kier alpha value is -2.81. The Morgan fingerprint density at radius 1 is 1.28 bits per heavy atom. The molecule has 0 spiro atoms. The molecule has 1 aliphatic heterocycles. The lowest BCUT2D eigenvalue weighted by Gasteiger charge is -2.39. The van der Waals surface area contributed by atoms with E-state index in [0.29, 0.717) is 18.7 Å². The maximum absolute atomic E-state index is 13.1. The van der Waals surface area contributed by atoms with E-state index in [1.54, 1.807) is 18.6 Å². The van der Waals surface area contributed by atoms with Crippen LogP contribution in [-0.4, -0.2) is 48.8 Å². The van der Waals surface area contributed by atoms with Crippen LogP contribution in [0.5, 0.6) is 0 Å². The average molecular weight is 549 g/mol. The SMILES string of the molecule is CCCN1c2cc(NS(=O)(=O)C(F)(F)F)c(N=Nc3nnc(C(=O)OC(C)C)s3)cc2CCC1CC. The van der Waals surface area contributed by atoms with Crippen LogP contribution in [0.3, 0.4) is 0 Å². The highest BCUT2D eigenvalue weighted by Gasteiger charge is 2.46. The number of halogens is 3. The third kappa shape index (κ3) is 6.30. The van der Waals surface area contributed by atoms with Crippen molar-refractivity contribution in [3.63, 3.8) is 0 Å². The second-order valence-electron chi connectivity index (χ2n) is 8.39. The number of fused-ring (bicyclic) bond motifs is 1. The Bertz CT molecular complexity index is 1230. The molecule has 0 bridgehead atoms. The number of ether oxygens (including phenoxy) is 1. The van der Waals surface area contributed by atoms with E-state index < -0.39 is 21.5 Å². The molecule has 0 saturated carbocycles. The first-order valence-electron chi connectivity index (χ1n) is 11.3. The van der Waals surface area contributed by atoms with Gasteiger partial charge in [0.2, 0.25) is 5.01 Å². The highest BCUT2D eigenvalue weighted by molar-refractivity contribution is 7.93. The Kier molecular flexibility index (Phi) is 8.54. The molecule has 1 N–H and O–H groups in total. The Labute approximate surface area is 211 Å².